The van der Waals surface area contributed by atoms with Gasteiger partial charge in [0.1, 0.15) is 0 Å². The predicted molar refractivity (Wildman–Crippen MR) is 59.0 cm³/mol. The molecule has 0 aromatic heterocycles. The van der Waals surface area contributed by atoms with Crippen LogP contribution in [0.2, 0.25) is 0 Å². The number of hydrogen-bond donors (Lipinski definition) is 0. The maximum atomic E-state index is 11.6. The van der Waals surface area contributed by atoms with Gasteiger partial charge >= 0.3 is 0 Å². The Hall–Kier alpha value is -0.280. The molecule has 0 aromatic rings. The molecule has 2 unspecified atom stereocenters. The molecule has 0 spiro atoms. The molecular weight excluding hydrogens is 214 g/mol. The van der Waals surface area contributed by atoms with E-state index in [1.807, 2.05) is 4.90 Å². The molecule has 0 saturated carbocycles. The first-order valence-electron chi connectivity index (χ1n) is 5.75. The number of halogens is 1. The van der Waals surface area contributed by atoms with E-state index in [1.54, 1.807) is 0 Å². The number of rotatable bonds is 3. The van der Waals surface area contributed by atoms with Crippen LogP contribution in [0.15, 0.2) is 0 Å². The lowest BCUT2D eigenvalue weighted by molar-refractivity contribution is -0.130. The highest BCUT2D eigenvalue weighted by Gasteiger charge is 2.30. The third-order valence-corrected chi connectivity index (χ3v) is 3.65. The van der Waals surface area contributed by atoms with Gasteiger partial charge in [-0.25, -0.2) is 0 Å². The lowest BCUT2D eigenvalue weighted by atomic mass is 10.1. The van der Waals surface area contributed by atoms with Crippen LogP contribution in [0.3, 0.4) is 0 Å². The zero-order valence-corrected chi connectivity index (χ0v) is 9.71. The van der Waals surface area contributed by atoms with Crippen molar-refractivity contribution in [3.05, 3.63) is 0 Å². The molecule has 15 heavy (non-hydrogen) atoms. The molecule has 1 amide bonds. The van der Waals surface area contributed by atoms with Crippen LogP contribution in [0.1, 0.15) is 25.7 Å². The van der Waals surface area contributed by atoms with Gasteiger partial charge in [-0.1, -0.05) is 0 Å². The number of nitrogens with zero attached hydrogens (tertiary/aromatic N) is 1. The van der Waals surface area contributed by atoms with E-state index in [0.717, 1.165) is 32.5 Å². The van der Waals surface area contributed by atoms with Gasteiger partial charge in [0.25, 0.3) is 0 Å². The monoisotopic (exact) mass is 231 g/mol. The van der Waals surface area contributed by atoms with Crippen LogP contribution in [-0.4, -0.2) is 42.5 Å². The summed E-state index contributed by atoms with van der Waals surface area (Å²) in [5.74, 6) is 1.19. The first kappa shape index (κ1) is 11.2. The van der Waals surface area contributed by atoms with Gasteiger partial charge in [-0.05, 0) is 25.2 Å². The molecule has 0 aromatic carbocycles. The molecule has 0 radical (unpaired) electrons. The fourth-order valence-corrected chi connectivity index (χ4v) is 2.54. The van der Waals surface area contributed by atoms with E-state index < -0.39 is 0 Å². The van der Waals surface area contributed by atoms with Crippen molar-refractivity contribution in [2.75, 3.05) is 25.6 Å². The van der Waals surface area contributed by atoms with E-state index in [2.05, 4.69) is 0 Å². The van der Waals surface area contributed by atoms with Gasteiger partial charge < -0.3 is 9.64 Å². The summed E-state index contributed by atoms with van der Waals surface area (Å²) in [5.41, 5.74) is 0. The zero-order valence-electron chi connectivity index (χ0n) is 8.95. The van der Waals surface area contributed by atoms with Gasteiger partial charge in [-0.2, -0.15) is 0 Å². The van der Waals surface area contributed by atoms with Crippen molar-refractivity contribution in [3.63, 3.8) is 0 Å². The molecule has 2 heterocycles. The average molecular weight is 232 g/mol. The number of amides is 1. The number of ether oxygens (including phenoxy) is 1. The second kappa shape index (κ2) is 5.17. The first-order chi connectivity index (χ1) is 7.29. The Kier molecular flexibility index (Phi) is 3.87. The number of carbonyl (C=O) groups excluding carboxylic acids is 1. The van der Waals surface area contributed by atoms with E-state index in [9.17, 15) is 4.79 Å². The molecule has 2 fully saturated rings. The third-order valence-electron chi connectivity index (χ3n) is 3.21. The molecule has 86 valence electrons. The van der Waals surface area contributed by atoms with Crippen LogP contribution in [0.5, 0.6) is 0 Å². The van der Waals surface area contributed by atoms with Crippen LogP contribution in [0, 0.1) is 5.92 Å². The minimum absolute atomic E-state index is 0.245. The van der Waals surface area contributed by atoms with Crippen LogP contribution < -0.4 is 0 Å². The van der Waals surface area contributed by atoms with Crippen LogP contribution >= 0.6 is 11.6 Å². The first-order valence-corrected chi connectivity index (χ1v) is 6.28. The number of alkyl halides is 1. The maximum Gasteiger partial charge on any atom is 0.223 e. The second-order valence-corrected chi connectivity index (χ2v) is 4.82. The third kappa shape index (κ3) is 2.85. The van der Waals surface area contributed by atoms with Crippen LogP contribution in [0.25, 0.3) is 0 Å². The fourth-order valence-electron chi connectivity index (χ4n) is 2.33. The molecule has 2 saturated heterocycles. The highest BCUT2D eigenvalue weighted by atomic mass is 35.5. The minimum Gasteiger partial charge on any atom is -0.376 e. The summed E-state index contributed by atoms with van der Waals surface area (Å²) >= 11 is 5.77. The van der Waals surface area contributed by atoms with Gasteiger partial charge in [0.15, 0.2) is 0 Å². The highest BCUT2D eigenvalue weighted by molar-refractivity contribution is 6.18. The summed E-state index contributed by atoms with van der Waals surface area (Å²) in [6, 6.07) is 0. The van der Waals surface area contributed by atoms with E-state index in [4.69, 9.17) is 16.3 Å². The van der Waals surface area contributed by atoms with E-state index in [0.29, 0.717) is 18.2 Å². The molecular formula is C11H18ClNO2. The minimum atomic E-state index is 0.245. The molecule has 0 bridgehead atoms. The quantitative estimate of drug-likeness (QED) is 0.692. The lowest BCUT2D eigenvalue weighted by Crippen LogP contribution is -2.36. The summed E-state index contributed by atoms with van der Waals surface area (Å²) < 4.78 is 5.63. The Morgan fingerprint density at radius 3 is 2.93 bits per heavy atom. The highest BCUT2D eigenvalue weighted by Crippen LogP contribution is 2.21. The van der Waals surface area contributed by atoms with Gasteiger partial charge in [0, 0.05) is 32.0 Å². The Balaban J connectivity index is 1.81. The predicted octanol–water partition coefficient (Wildman–Crippen LogP) is 1.64. The molecule has 2 aliphatic heterocycles. The van der Waals surface area contributed by atoms with Crippen molar-refractivity contribution in [2.45, 2.75) is 31.8 Å². The van der Waals surface area contributed by atoms with Crippen molar-refractivity contribution >= 4 is 17.5 Å². The maximum absolute atomic E-state index is 11.6. The molecule has 0 aliphatic carbocycles. The Labute approximate surface area is 95.7 Å². The number of hydrogen-bond acceptors (Lipinski definition) is 2. The SMILES string of the molecule is O=C1CC(CCl)CN1CC1CCCCO1. The van der Waals surface area contributed by atoms with Gasteiger partial charge in [-0.15, -0.1) is 11.6 Å². The normalized spacial score (nSPS) is 32.3. The summed E-state index contributed by atoms with van der Waals surface area (Å²) in [6.07, 6.45) is 4.36. The summed E-state index contributed by atoms with van der Waals surface area (Å²) in [7, 11) is 0. The molecule has 2 atom stereocenters. The fraction of sp³-hybridized carbons (Fsp3) is 0.909. The zero-order chi connectivity index (χ0) is 10.7. The van der Waals surface area contributed by atoms with Crippen molar-refractivity contribution in [1.82, 2.24) is 4.90 Å². The van der Waals surface area contributed by atoms with Crippen LogP contribution in [0.4, 0.5) is 0 Å². The molecule has 3 nitrogen and oxygen atoms in total. The van der Waals surface area contributed by atoms with E-state index in [1.165, 1.54) is 6.42 Å². The van der Waals surface area contributed by atoms with Crippen molar-refractivity contribution in [1.29, 1.82) is 0 Å². The van der Waals surface area contributed by atoms with Gasteiger partial charge in [0.05, 0.1) is 6.10 Å². The second-order valence-electron chi connectivity index (χ2n) is 4.51. The molecule has 2 aliphatic rings. The van der Waals surface area contributed by atoms with Crippen LogP contribution in [-0.2, 0) is 9.53 Å². The Morgan fingerprint density at radius 1 is 1.47 bits per heavy atom. The van der Waals surface area contributed by atoms with E-state index >= 15 is 0 Å². The summed E-state index contributed by atoms with van der Waals surface area (Å²) in [4.78, 5) is 13.5. The van der Waals surface area contributed by atoms with Gasteiger partial charge in [0.2, 0.25) is 5.91 Å². The molecule has 0 N–H and O–H groups in total. The molecule has 2 rings (SSSR count). The average Bonchev–Trinajstić information content (AvgIpc) is 2.61. The van der Waals surface area contributed by atoms with Crippen molar-refractivity contribution in [3.8, 4) is 0 Å². The Morgan fingerprint density at radius 2 is 2.33 bits per heavy atom. The van der Waals surface area contributed by atoms with E-state index in [-0.39, 0.29) is 12.0 Å². The standard InChI is InChI=1S/C11H18ClNO2/c12-6-9-5-11(14)13(7-9)8-10-3-1-2-4-15-10/h9-10H,1-8H2. The lowest BCUT2D eigenvalue weighted by Gasteiger charge is -2.27. The largest absolute Gasteiger partial charge is 0.376 e. The van der Waals surface area contributed by atoms with Gasteiger partial charge in [-0.3, -0.25) is 4.79 Å². The van der Waals surface area contributed by atoms with Crippen molar-refractivity contribution < 1.29 is 9.53 Å². The number of likely N-dealkylation sites (tertiary alicyclic amines) is 1. The molecule has 4 heteroatoms. The smallest absolute Gasteiger partial charge is 0.223 e. The van der Waals surface area contributed by atoms with Crippen molar-refractivity contribution in [2.24, 2.45) is 5.92 Å². The summed E-state index contributed by atoms with van der Waals surface area (Å²) in [5, 5.41) is 0. The topological polar surface area (TPSA) is 29.5 Å². The summed E-state index contributed by atoms with van der Waals surface area (Å²) in [6.45, 7) is 2.44. The number of carbonyl (C=O) groups is 1. The Bertz CT molecular complexity index is 229.